The molecule has 0 spiro atoms. The van der Waals surface area contributed by atoms with Crippen LogP contribution in [0, 0.1) is 5.92 Å². The summed E-state index contributed by atoms with van der Waals surface area (Å²) in [6, 6.07) is 0.712. The highest BCUT2D eigenvalue weighted by atomic mass is 16.5. The Morgan fingerprint density at radius 1 is 1.39 bits per heavy atom. The molecule has 1 aliphatic rings. The Bertz CT molecular complexity index is 252. The molecule has 1 amide bonds. The Morgan fingerprint density at radius 3 is 2.56 bits per heavy atom. The summed E-state index contributed by atoms with van der Waals surface area (Å²) in [5.41, 5.74) is 5.73. The van der Waals surface area contributed by atoms with Gasteiger partial charge in [0.15, 0.2) is 0 Å². The average Bonchev–Trinajstić information content (AvgIpc) is 3.13. The lowest BCUT2D eigenvalue weighted by atomic mass is 10.0. The van der Waals surface area contributed by atoms with E-state index in [4.69, 9.17) is 10.5 Å². The number of nitrogens with zero attached hydrogens (tertiary/aromatic N) is 1. The van der Waals surface area contributed by atoms with Crippen molar-refractivity contribution in [1.29, 1.82) is 0 Å². The molecule has 1 fully saturated rings. The zero-order chi connectivity index (χ0) is 13.5. The van der Waals surface area contributed by atoms with Crippen molar-refractivity contribution in [2.24, 2.45) is 11.7 Å². The van der Waals surface area contributed by atoms with Gasteiger partial charge in [0, 0.05) is 31.7 Å². The maximum absolute atomic E-state index is 12.3. The smallest absolute Gasteiger partial charge is 0.225 e. The number of amides is 1. The molecule has 18 heavy (non-hydrogen) atoms. The Labute approximate surface area is 111 Å². The van der Waals surface area contributed by atoms with Gasteiger partial charge in [-0.15, -0.1) is 0 Å². The van der Waals surface area contributed by atoms with E-state index in [0.29, 0.717) is 18.6 Å². The highest BCUT2D eigenvalue weighted by Crippen LogP contribution is 2.28. The molecule has 4 heteroatoms. The van der Waals surface area contributed by atoms with Gasteiger partial charge in [0.25, 0.3) is 0 Å². The van der Waals surface area contributed by atoms with Crippen LogP contribution in [-0.2, 0) is 9.53 Å². The van der Waals surface area contributed by atoms with Crippen LogP contribution in [0.3, 0.4) is 0 Å². The van der Waals surface area contributed by atoms with E-state index in [1.165, 1.54) is 0 Å². The summed E-state index contributed by atoms with van der Waals surface area (Å²) in [5, 5.41) is 0. The molecule has 2 N–H and O–H groups in total. The molecule has 4 nitrogen and oxygen atoms in total. The first-order valence-electron chi connectivity index (χ1n) is 7.11. The Hall–Kier alpha value is -0.610. The summed E-state index contributed by atoms with van der Waals surface area (Å²) in [7, 11) is 1.68. The summed E-state index contributed by atoms with van der Waals surface area (Å²) >= 11 is 0. The molecular formula is C14H28N2O2. The first-order valence-corrected chi connectivity index (χ1v) is 7.11. The molecule has 0 radical (unpaired) electrons. The first kappa shape index (κ1) is 15.4. The van der Waals surface area contributed by atoms with Crippen molar-refractivity contribution in [1.82, 2.24) is 4.90 Å². The number of carbonyl (C=O) groups excluding carboxylic acids is 1. The van der Waals surface area contributed by atoms with Crippen LogP contribution in [-0.4, -0.2) is 43.2 Å². The first-order chi connectivity index (χ1) is 8.56. The van der Waals surface area contributed by atoms with E-state index in [0.717, 1.165) is 38.6 Å². The van der Waals surface area contributed by atoms with Crippen molar-refractivity contribution in [3.8, 4) is 0 Å². The minimum atomic E-state index is 0.112. The third-order valence-corrected chi connectivity index (χ3v) is 3.53. The molecule has 2 atom stereocenters. The second kappa shape index (κ2) is 7.74. The predicted molar refractivity (Wildman–Crippen MR) is 73.3 cm³/mol. The SMILES string of the molecule is COCCN(C(=O)C(C)CCCC(C)N)C1CC1. The van der Waals surface area contributed by atoms with Crippen LogP contribution in [0.2, 0.25) is 0 Å². The van der Waals surface area contributed by atoms with Gasteiger partial charge in [0.1, 0.15) is 0 Å². The number of nitrogens with two attached hydrogens (primary N) is 1. The van der Waals surface area contributed by atoms with Crippen LogP contribution in [0.1, 0.15) is 46.0 Å². The van der Waals surface area contributed by atoms with Crippen molar-refractivity contribution >= 4 is 5.91 Å². The lowest BCUT2D eigenvalue weighted by Gasteiger charge is -2.25. The van der Waals surface area contributed by atoms with E-state index in [1.807, 2.05) is 18.7 Å². The fourth-order valence-electron chi connectivity index (χ4n) is 2.20. The van der Waals surface area contributed by atoms with Gasteiger partial charge in [0.05, 0.1) is 6.61 Å². The van der Waals surface area contributed by atoms with Crippen molar-refractivity contribution < 1.29 is 9.53 Å². The molecule has 0 aromatic rings. The molecular weight excluding hydrogens is 228 g/mol. The quantitative estimate of drug-likeness (QED) is 0.684. The zero-order valence-corrected chi connectivity index (χ0v) is 12.0. The van der Waals surface area contributed by atoms with Crippen molar-refractivity contribution in [2.75, 3.05) is 20.3 Å². The van der Waals surface area contributed by atoms with Crippen molar-refractivity contribution in [2.45, 2.75) is 58.0 Å². The molecule has 0 saturated heterocycles. The molecule has 1 aliphatic carbocycles. The van der Waals surface area contributed by atoms with Gasteiger partial charge >= 0.3 is 0 Å². The van der Waals surface area contributed by atoms with Gasteiger partial charge in [-0.05, 0) is 32.6 Å². The van der Waals surface area contributed by atoms with Crippen LogP contribution in [0.15, 0.2) is 0 Å². The maximum atomic E-state index is 12.3. The molecule has 0 aromatic carbocycles. The van der Waals surface area contributed by atoms with E-state index in [9.17, 15) is 4.79 Å². The maximum Gasteiger partial charge on any atom is 0.225 e. The molecule has 0 heterocycles. The predicted octanol–water partition coefficient (Wildman–Crippen LogP) is 1.78. The van der Waals surface area contributed by atoms with E-state index >= 15 is 0 Å². The fourth-order valence-corrected chi connectivity index (χ4v) is 2.20. The Balaban J connectivity index is 2.33. The number of hydrogen-bond donors (Lipinski definition) is 1. The monoisotopic (exact) mass is 256 g/mol. The number of carbonyl (C=O) groups is 1. The van der Waals surface area contributed by atoms with Crippen LogP contribution in [0.5, 0.6) is 0 Å². The van der Waals surface area contributed by atoms with E-state index in [1.54, 1.807) is 7.11 Å². The normalized spacial score (nSPS) is 18.4. The second-order valence-electron chi connectivity index (χ2n) is 5.56. The number of ether oxygens (including phenoxy) is 1. The summed E-state index contributed by atoms with van der Waals surface area (Å²) in [5.74, 6) is 0.403. The van der Waals surface area contributed by atoms with Crippen LogP contribution in [0.25, 0.3) is 0 Å². The van der Waals surface area contributed by atoms with Crippen molar-refractivity contribution in [3.05, 3.63) is 0 Å². The molecule has 106 valence electrons. The van der Waals surface area contributed by atoms with E-state index < -0.39 is 0 Å². The number of methoxy groups -OCH3 is 1. The van der Waals surface area contributed by atoms with Gasteiger partial charge < -0.3 is 15.4 Å². The third-order valence-electron chi connectivity index (χ3n) is 3.53. The topological polar surface area (TPSA) is 55.6 Å². The van der Waals surface area contributed by atoms with Crippen molar-refractivity contribution in [3.63, 3.8) is 0 Å². The van der Waals surface area contributed by atoms with Crippen LogP contribution >= 0.6 is 0 Å². The minimum absolute atomic E-state index is 0.112. The number of hydrogen-bond acceptors (Lipinski definition) is 3. The largest absolute Gasteiger partial charge is 0.383 e. The van der Waals surface area contributed by atoms with Crippen LogP contribution in [0.4, 0.5) is 0 Å². The van der Waals surface area contributed by atoms with Gasteiger partial charge in [-0.1, -0.05) is 13.3 Å². The van der Waals surface area contributed by atoms with E-state index in [2.05, 4.69) is 0 Å². The molecule has 0 bridgehead atoms. The van der Waals surface area contributed by atoms with E-state index in [-0.39, 0.29) is 12.0 Å². The summed E-state index contributed by atoms with van der Waals surface area (Å²) in [6.45, 7) is 5.42. The van der Waals surface area contributed by atoms with Gasteiger partial charge in [-0.2, -0.15) is 0 Å². The molecule has 1 rings (SSSR count). The van der Waals surface area contributed by atoms with Gasteiger partial charge in [-0.3, -0.25) is 4.79 Å². The fraction of sp³-hybridized carbons (Fsp3) is 0.929. The molecule has 0 aliphatic heterocycles. The second-order valence-corrected chi connectivity index (χ2v) is 5.56. The summed E-state index contributed by atoms with van der Waals surface area (Å²) in [6.07, 6.45) is 5.28. The lowest BCUT2D eigenvalue weighted by Crippen LogP contribution is -2.39. The summed E-state index contributed by atoms with van der Waals surface area (Å²) in [4.78, 5) is 14.4. The Kier molecular flexibility index (Phi) is 6.65. The van der Waals surface area contributed by atoms with Gasteiger partial charge in [0.2, 0.25) is 5.91 Å². The van der Waals surface area contributed by atoms with Gasteiger partial charge in [-0.25, -0.2) is 0 Å². The zero-order valence-electron chi connectivity index (χ0n) is 12.0. The minimum Gasteiger partial charge on any atom is -0.383 e. The molecule has 2 unspecified atom stereocenters. The van der Waals surface area contributed by atoms with Crippen LogP contribution < -0.4 is 5.73 Å². The lowest BCUT2D eigenvalue weighted by molar-refractivity contribution is -0.136. The highest BCUT2D eigenvalue weighted by Gasteiger charge is 2.33. The highest BCUT2D eigenvalue weighted by molar-refractivity contribution is 5.79. The molecule has 0 aromatic heterocycles. The summed E-state index contributed by atoms with van der Waals surface area (Å²) < 4.78 is 5.08. The standard InChI is InChI=1S/C14H28N2O2/c1-11(5-4-6-12(2)15)14(17)16(9-10-18-3)13-7-8-13/h11-13H,4-10,15H2,1-3H3. The third kappa shape index (κ3) is 5.36. The molecule has 1 saturated carbocycles. The average molecular weight is 256 g/mol. The Morgan fingerprint density at radius 2 is 2.06 bits per heavy atom. The number of rotatable bonds is 9.